The normalized spacial score (nSPS) is 15.1. The van der Waals surface area contributed by atoms with Crippen LogP contribution in [0, 0.1) is 10.1 Å². The fraction of sp³-hybridized carbons (Fsp3) is 0.500. The summed E-state index contributed by atoms with van der Waals surface area (Å²) in [6, 6.07) is 4.52. The summed E-state index contributed by atoms with van der Waals surface area (Å²) in [6.45, 7) is 5.26. The molecule has 1 aliphatic heterocycles. The number of nitro groups is 1. The van der Waals surface area contributed by atoms with Crippen LogP contribution in [0.25, 0.3) is 0 Å². The summed E-state index contributed by atoms with van der Waals surface area (Å²) in [7, 11) is 0. The predicted octanol–water partition coefficient (Wildman–Crippen LogP) is 1.19. The molecule has 4 N–H and O–H groups in total. The van der Waals surface area contributed by atoms with Crippen molar-refractivity contribution in [1.82, 2.24) is 10.2 Å². The summed E-state index contributed by atoms with van der Waals surface area (Å²) in [6.07, 6.45) is 0.962. The first kappa shape index (κ1) is 17.4. The lowest BCUT2D eigenvalue weighted by Crippen LogP contribution is -2.38. The van der Waals surface area contributed by atoms with E-state index in [9.17, 15) is 10.1 Å². The molecule has 0 spiro atoms. The van der Waals surface area contributed by atoms with Crippen LogP contribution in [0.3, 0.4) is 0 Å². The SMILES string of the molecule is Nc1ccc(NC(=S)NCCCN2CCOCC2)cc1[N+](=O)[O-]. The molecule has 126 valence electrons. The van der Waals surface area contributed by atoms with E-state index in [4.69, 9.17) is 22.7 Å². The number of morpholine rings is 1. The molecule has 0 aliphatic carbocycles. The van der Waals surface area contributed by atoms with Crippen LogP contribution >= 0.6 is 12.2 Å². The number of nitro benzene ring substituents is 1. The third-order valence-electron chi connectivity index (χ3n) is 3.53. The number of nitrogens with two attached hydrogens (primary N) is 1. The van der Waals surface area contributed by atoms with E-state index < -0.39 is 4.92 Å². The number of anilines is 2. The second-order valence-corrected chi connectivity index (χ2v) is 5.63. The summed E-state index contributed by atoms with van der Waals surface area (Å²) < 4.78 is 5.30. The molecule has 0 aromatic heterocycles. The van der Waals surface area contributed by atoms with Gasteiger partial charge in [-0.1, -0.05) is 0 Å². The fourth-order valence-electron chi connectivity index (χ4n) is 2.28. The molecule has 0 bridgehead atoms. The van der Waals surface area contributed by atoms with Crippen LogP contribution < -0.4 is 16.4 Å². The molecule has 0 unspecified atom stereocenters. The molecular weight excluding hydrogens is 318 g/mol. The van der Waals surface area contributed by atoms with Crippen molar-refractivity contribution < 1.29 is 9.66 Å². The van der Waals surface area contributed by atoms with E-state index >= 15 is 0 Å². The van der Waals surface area contributed by atoms with Gasteiger partial charge < -0.3 is 21.1 Å². The van der Waals surface area contributed by atoms with E-state index in [2.05, 4.69) is 15.5 Å². The number of benzene rings is 1. The second-order valence-electron chi connectivity index (χ2n) is 5.22. The van der Waals surface area contributed by atoms with Crippen LogP contribution in [0.5, 0.6) is 0 Å². The van der Waals surface area contributed by atoms with Gasteiger partial charge in [-0.3, -0.25) is 15.0 Å². The third-order valence-corrected chi connectivity index (χ3v) is 3.77. The minimum Gasteiger partial charge on any atom is -0.393 e. The van der Waals surface area contributed by atoms with E-state index in [0.717, 1.165) is 45.8 Å². The number of ether oxygens (including phenoxy) is 1. The van der Waals surface area contributed by atoms with Gasteiger partial charge in [0.15, 0.2) is 5.11 Å². The lowest BCUT2D eigenvalue weighted by atomic mass is 10.2. The molecule has 1 heterocycles. The van der Waals surface area contributed by atoms with Gasteiger partial charge in [0, 0.05) is 31.4 Å². The van der Waals surface area contributed by atoms with Gasteiger partial charge in [0.05, 0.1) is 18.1 Å². The standard InChI is InChI=1S/C14H21N5O3S/c15-12-3-2-11(10-13(12)19(20)21)17-14(23)16-4-1-5-18-6-8-22-9-7-18/h2-3,10H,1,4-9,15H2,(H2,16,17,23). The lowest BCUT2D eigenvalue weighted by Gasteiger charge is -2.26. The van der Waals surface area contributed by atoms with Gasteiger partial charge >= 0.3 is 0 Å². The minimum atomic E-state index is -0.515. The van der Waals surface area contributed by atoms with Crippen molar-refractivity contribution in [3.05, 3.63) is 28.3 Å². The topological polar surface area (TPSA) is 106 Å². The Bertz CT molecular complexity index is 563. The average Bonchev–Trinajstić information content (AvgIpc) is 2.54. The molecule has 2 rings (SSSR count). The zero-order valence-corrected chi connectivity index (χ0v) is 13.6. The smallest absolute Gasteiger partial charge is 0.294 e. The molecule has 1 aliphatic rings. The summed E-state index contributed by atoms with van der Waals surface area (Å²) in [5.74, 6) is 0. The maximum atomic E-state index is 10.9. The molecule has 1 fully saturated rings. The fourth-order valence-corrected chi connectivity index (χ4v) is 2.50. The van der Waals surface area contributed by atoms with E-state index in [1.807, 2.05) is 0 Å². The van der Waals surface area contributed by atoms with Gasteiger partial charge in [-0.15, -0.1) is 0 Å². The highest BCUT2D eigenvalue weighted by atomic mass is 32.1. The Kier molecular flexibility index (Phi) is 6.51. The van der Waals surface area contributed by atoms with Crippen molar-refractivity contribution in [3.8, 4) is 0 Å². The van der Waals surface area contributed by atoms with Gasteiger partial charge in [-0.05, 0) is 37.3 Å². The third kappa shape index (κ3) is 5.62. The molecule has 8 nitrogen and oxygen atoms in total. The largest absolute Gasteiger partial charge is 0.393 e. The van der Waals surface area contributed by atoms with Crippen LogP contribution in [0.4, 0.5) is 17.1 Å². The average molecular weight is 339 g/mol. The van der Waals surface area contributed by atoms with Crippen LogP contribution in [0.15, 0.2) is 18.2 Å². The zero-order chi connectivity index (χ0) is 16.7. The second kappa shape index (κ2) is 8.61. The highest BCUT2D eigenvalue weighted by Crippen LogP contribution is 2.24. The molecule has 0 amide bonds. The van der Waals surface area contributed by atoms with Crippen LogP contribution in [-0.2, 0) is 4.74 Å². The number of nitrogens with zero attached hydrogens (tertiary/aromatic N) is 2. The molecule has 1 aromatic rings. The van der Waals surface area contributed by atoms with Gasteiger partial charge in [0.2, 0.25) is 0 Å². The van der Waals surface area contributed by atoms with Crippen LogP contribution in [-0.4, -0.2) is 54.3 Å². The van der Waals surface area contributed by atoms with E-state index in [1.165, 1.54) is 12.1 Å². The van der Waals surface area contributed by atoms with Crippen LogP contribution in [0.1, 0.15) is 6.42 Å². The monoisotopic (exact) mass is 339 g/mol. The molecule has 0 radical (unpaired) electrons. The molecule has 1 saturated heterocycles. The first-order valence-electron chi connectivity index (χ1n) is 7.45. The van der Waals surface area contributed by atoms with Gasteiger partial charge in [-0.2, -0.15) is 0 Å². The van der Waals surface area contributed by atoms with Crippen molar-refractivity contribution >= 4 is 34.4 Å². The van der Waals surface area contributed by atoms with Crippen molar-refractivity contribution in [2.24, 2.45) is 0 Å². The quantitative estimate of drug-likeness (QED) is 0.233. The highest BCUT2D eigenvalue weighted by molar-refractivity contribution is 7.80. The Balaban J connectivity index is 1.72. The van der Waals surface area contributed by atoms with E-state index in [0.29, 0.717) is 10.8 Å². The molecule has 0 saturated carbocycles. The maximum absolute atomic E-state index is 10.9. The van der Waals surface area contributed by atoms with Crippen LogP contribution in [0.2, 0.25) is 0 Å². The van der Waals surface area contributed by atoms with Gasteiger partial charge in [-0.25, -0.2) is 0 Å². The predicted molar refractivity (Wildman–Crippen MR) is 93.6 cm³/mol. The van der Waals surface area contributed by atoms with Crippen molar-refractivity contribution in [2.75, 3.05) is 50.4 Å². The number of hydrogen-bond acceptors (Lipinski definition) is 6. The van der Waals surface area contributed by atoms with Gasteiger partial charge in [0.1, 0.15) is 5.69 Å². The Hall–Kier alpha value is -1.97. The van der Waals surface area contributed by atoms with Crippen molar-refractivity contribution in [2.45, 2.75) is 6.42 Å². The van der Waals surface area contributed by atoms with Crippen molar-refractivity contribution in [1.29, 1.82) is 0 Å². The van der Waals surface area contributed by atoms with E-state index in [-0.39, 0.29) is 11.4 Å². The summed E-state index contributed by atoms with van der Waals surface area (Å²) in [5.41, 5.74) is 6.09. The molecule has 0 atom stereocenters. The number of nitrogens with one attached hydrogen (secondary N) is 2. The molecular formula is C14H21N5O3S. The Morgan fingerprint density at radius 3 is 2.87 bits per heavy atom. The van der Waals surface area contributed by atoms with Gasteiger partial charge in [0.25, 0.3) is 5.69 Å². The summed E-state index contributed by atoms with van der Waals surface area (Å²) in [4.78, 5) is 12.7. The highest BCUT2D eigenvalue weighted by Gasteiger charge is 2.12. The lowest BCUT2D eigenvalue weighted by molar-refractivity contribution is -0.383. The molecule has 9 heteroatoms. The zero-order valence-electron chi connectivity index (χ0n) is 12.8. The summed E-state index contributed by atoms with van der Waals surface area (Å²) >= 11 is 5.19. The molecule has 1 aromatic carbocycles. The minimum absolute atomic E-state index is 0.130. The number of nitrogen functional groups attached to an aromatic ring is 1. The Morgan fingerprint density at radius 2 is 2.17 bits per heavy atom. The Morgan fingerprint density at radius 1 is 1.43 bits per heavy atom. The number of rotatable bonds is 6. The molecule has 23 heavy (non-hydrogen) atoms. The maximum Gasteiger partial charge on any atom is 0.294 e. The number of thiocarbonyl (C=S) groups is 1. The van der Waals surface area contributed by atoms with Crippen molar-refractivity contribution in [3.63, 3.8) is 0 Å². The summed E-state index contributed by atoms with van der Waals surface area (Å²) in [5, 5.41) is 17.3. The first-order valence-corrected chi connectivity index (χ1v) is 7.86. The Labute approximate surface area is 140 Å². The van der Waals surface area contributed by atoms with E-state index in [1.54, 1.807) is 6.07 Å². The number of hydrogen-bond donors (Lipinski definition) is 3. The first-order chi connectivity index (χ1) is 11.1.